The Kier molecular flexibility index (Phi) is 5.88. The standard InChI is InChI=1S/C25H20F2N6O3/c1-3-15-18(26)5-4-12-6-14(35)7-16(20(12)15)22-21(27)23-17(9-28-22)24(32-25(31-23)36-2)29-10-19-13(11-34)8-30-33-19/h4-9,11,35H,3,10H2,1-2H3,(H,30,33)(H,29,31,32). The number of H-pyrrole nitrogens is 1. The average molecular weight is 490 g/mol. The number of fused-ring (bicyclic) bond motifs is 2. The number of hydrogen-bond donors (Lipinski definition) is 3. The molecule has 5 rings (SSSR count). The molecule has 0 radical (unpaired) electrons. The molecule has 0 spiro atoms. The van der Waals surface area contributed by atoms with Crippen molar-refractivity contribution in [2.45, 2.75) is 19.9 Å². The first-order valence-corrected chi connectivity index (χ1v) is 11.0. The highest BCUT2D eigenvalue weighted by Crippen LogP contribution is 2.38. The van der Waals surface area contributed by atoms with Crippen molar-refractivity contribution < 1.29 is 23.4 Å². The highest BCUT2D eigenvalue weighted by Gasteiger charge is 2.21. The van der Waals surface area contributed by atoms with Crippen LogP contribution in [-0.2, 0) is 13.0 Å². The molecule has 3 N–H and O–H groups in total. The smallest absolute Gasteiger partial charge is 0.318 e. The Bertz CT molecular complexity index is 1640. The molecule has 0 bridgehead atoms. The van der Waals surface area contributed by atoms with E-state index in [2.05, 4.69) is 30.5 Å². The minimum atomic E-state index is -0.787. The van der Waals surface area contributed by atoms with E-state index in [0.717, 1.165) is 0 Å². The van der Waals surface area contributed by atoms with Crippen LogP contribution in [0.15, 0.2) is 36.7 Å². The molecule has 0 amide bonds. The number of aromatic amines is 1. The number of methoxy groups -OCH3 is 1. The van der Waals surface area contributed by atoms with E-state index in [-0.39, 0.29) is 46.3 Å². The van der Waals surface area contributed by atoms with Crippen LogP contribution in [0.3, 0.4) is 0 Å². The first-order chi connectivity index (χ1) is 17.4. The third kappa shape index (κ3) is 3.84. The number of aromatic nitrogens is 5. The number of carbonyl (C=O) groups excluding carboxylic acids is 1. The van der Waals surface area contributed by atoms with Gasteiger partial charge in [-0.3, -0.25) is 14.9 Å². The van der Waals surface area contributed by atoms with Crippen LogP contribution in [0, 0.1) is 11.6 Å². The SMILES string of the molecule is CCc1c(F)ccc2cc(O)cc(-c3ncc4c(NCc5[nH]ncc5C=O)nc(OC)nc4c3F)c12. The first-order valence-electron chi connectivity index (χ1n) is 11.0. The molecule has 0 saturated carbocycles. The van der Waals surface area contributed by atoms with E-state index in [1.54, 1.807) is 6.92 Å². The number of aromatic hydroxyl groups is 1. The molecule has 0 aliphatic heterocycles. The van der Waals surface area contributed by atoms with Gasteiger partial charge in [-0.2, -0.15) is 15.1 Å². The molecule has 182 valence electrons. The number of phenols is 1. The number of halogens is 2. The molecule has 5 aromatic rings. The lowest BCUT2D eigenvalue weighted by Gasteiger charge is -2.15. The van der Waals surface area contributed by atoms with Gasteiger partial charge in [-0.05, 0) is 41.0 Å². The molecule has 0 atom stereocenters. The maximum Gasteiger partial charge on any atom is 0.318 e. The number of hydrogen-bond acceptors (Lipinski definition) is 8. The summed E-state index contributed by atoms with van der Waals surface area (Å²) in [6.07, 6.45) is 3.81. The molecule has 0 aliphatic carbocycles. The number of anilines is 1. The molecule has 0 fully saturated rings. The molecular weight excluding hydrogens is 470 g/mol. The van der Waals surface area contributed by atoms with Crippen LogP contribution in [0.25, 0.3) is 32.9 Å². The number of benzene rings is 2. The Morgan fingerprint density at radius 1 is 1.19 bits per heavy atom. The first kappa shape index (κ1) is 23.1. The third-order valence-electron chi connectivity index (χ3n) is 5.92. The van der Waals surface area contributed by atoms with Gasteiger partial charge >= 0.3 is 6.01 Å². The summed E-state index contributed by atoms with van der Waals surface area (Å²) < 4.78 is 35.8. The van der Waals surface area contributed by atoms with Gasteiger partial charge in [-0.1, -0.05) is 13.0 Å². The van der Waals surface area contributed by atoms with Gasteiger partial charge in [0.25, 0.3) is 0 Å². The van der Waals surface area contributed by atoms with Gasteiger partial charge in [0.2, 0.25) is 0 Å². The maximum atomic E-state index is 16.0. The summed E-state index contributed by atoms with van der Waals surface area (Å²) in [5.41, 5.74) is 1.32. The van der Waals surface area contributed by atoms with E-state index in [4.69, 9.17) is 4.74 Å². The number of carbonyl (C=O) groups is 1. The highest BCUT2D eigenvalue weighted by atomic mass is 19.1. The van der Waals surface area contributed by atoms with E-state index in [1.807, 2.05) is 0 Å². The number of nitrogens with zero attached hydrogens (tertiary/aromatic N) is 4. The van der Waals surface area contributed by atoms with Crippen LogP contribution in [0.5, 0.6) is 11.8 Å². The Morgan fingerprint density at radius 2 is 2.03 bits per heavy atom. The van der Waals surface area contributed by atoms with Gasteiger partial charge in [0, 0.05) is 11.8 Å². The maximum absolute atomic E-state index is 16.0. The molecule has 2 aromatic carbocycles. The zero-order valence-corrected chi connectivity index (χ0v) is 19.3. The van der Waals surface area contributed by atoms with Crippen molar-refractivity contribution in [3.63, 3.8) is 0 Å². The van der Waals surface area contributed by atoms with Crippen molar-refractivity contribution in [2.75, 3.05) is 12.4 Å². The lowest BCUT2D eigenvalue weighted by Crippen LogP contribution is -2.07. The van der Waals surface area contributed by atoms with Crippen molar-refractivity contribution in [1.82, 2.24) is 25.1 Å². The lowest BCUT2D eigenvalue weighted by atomic mass is 9.94. The van der Waals surface area contributed by atoms with E-state index in [1.165, 1.54) is 43.8 Å². The summed E-state index contributed by atoms with van der Waals surface area (Å²) in [5, 5.41) is 21.2. The Labute approximate surface area is 203 Å². The minimum absolute atomic E-state index is 0.0829. The van der Waals surface area contributed by atoms with Gasteiger partial charge in [-0.15, -0.1) is 0 Å². The van der Waals surface area contributed by atoms with Crippen molar-refractivity contribution in [1.29, 1.82) is 0 Å². The Hall–Kier alpha value is -4.67. The molecule has 0 saturated heterocycles. The summed E-state index contributed by atoms with van der Waals surface area (Å²) in [5.74, 6) is -1.10. The minimum Gasteiger partial charge on any atom is -0.508 e. The van der Waals surface area contributed by atoms with Gasteiger partial charge in [-0.25, -0.2) is 8.78 Å². The number of nitrogens with one attached hydrogen (secondary N) is 2. The second-order valence-electron chi connectivity index (χ2n) is 7.99. The second-order valence-corrected chi connectivity index (χ2v) is 7.99. The predicted molar refractivity (Wildman–Crippen MR) is 129 cm³/mol. The number of pyridine rings is 1. The van der Waals surface area contributed by atoms with Crippen molar-refractivity contribution >= 4 is 33.8 Å². The predicted octanol–water partition coefficient (Wildman–Crippen LogP) is 4.55. The van der Waals surface area contributed by atoms with Crippen molar-refractivity contribution in [2.24, 2.45) is 0 Å². The quantitative estimate of drug-likeness (QED) is 0.284. The molecule has 3 aromatic heterocycles. The van der Waals surface area contributed by atoms with Gasteiger partial charge < -0.3 is 15.2 Å². The van der Waals surface area contributed by atoms with E-state index in [9.17, 15) is 14.3 Å². The van der Waals surface area contributed by atoms with E-state index < -0.39 is 11.6 Å². The number of aryl methyl sites for hydroxylation is 1. The largest absolute Gasteiger partial charge is 0.508 e. The summed E-state index contributed by atoms with van der Waals surface area (Å²) in [7, 11) is 1.35. The summed E-state index contributed by atoms with van der Waals surface area (Å²) in [6, 6.07) is 5.60. The fraction of sp³-hybridized carbons (Fsp3) is 0.160. The summed E-state index contributed by atoms with van der Waals surface area (Å²) >= 11 is 0. The lowest BCUT2D eigenvalue weighted by molar-refractivity contribution is 0.112. The molecule has 3 heterocycles. The van der Waals surface area contributed by atoms with Crippen molar-refractivity contribution in [3.05, 3.63) is 65.1 Å². The molecule has 36 heavy (non-hydrogen) atoms. The normalized spacial score (nSPS) is 11.2. The molecule has 0 unspecified atom stereocenters. The van der Waals surface area contributed by atoms with Gasteiger partial charge in [0.15, 0.2) is 12.1 Å². The Balaban J connectivity index is 1.70. The molecule has 0 aliphatic rings. The highest BCUT2D eigenvalue weighted by molar-refractivity contribution is 6.01. The van der Waals surface area contributed by atoms with Crippen LogP contribution in [0.4, 0.5) is 14.6 Å². The second kappa shape index (κ2) is 9.17. The monoisotopic (exact) mass is 490 g/mol. The van der Waals surface area contributed by atoms with Crippen LogP contribution in [0.2, 0.25) is 0 Å². The summed E-state index contributed by atoms with van der Waals surface area (Å²) in [4.78, 5) is 23.9. The number of aldehydes is 1. The van der Waals surface area contributed by atoms with Crippen LogP contribution >= 0.6 is 0 Å². The van der Waals surface area contributed by atoms with Gasteiger partial charge in [0.05, 0.1) is 36.5 Å². The van der Waals surface area contributed by atoms with Crippen LogP contribution in [-0.4, -0.2) is 43.7 Å². The zero-order valence-electron chi connectivity index (χ0n) is 19.3. The number of phenolic OH excluding ortho intramolecular Hbond substituents is 1. The topological polar surface area (TPSA) is 126 Å². The summed E-state index contributed by atoms with van der Waals surface area (Å²) in [6.45, 7) is 1.94. The molecule has 11 heteroatoms. The number of rotatable bonds is 7. The van der Waals surface area contributed by atoms with Crippen LogP contribution < -0.4 is 10.1 Å². The molecular formula is C25H20F2N6O3. The molecule has 9 nitrogen and oxygen atoms in total. The Morgan fingerprint density at radius 3 is 2.78 bits per heavy atom. The fourth-order valence-electron chi connectivity index (χ4n) is 4.22. The fourth-order valence-corrected chi connectivity index (χ4v) is 4.22. The average Bonchev–Trinajstić information content (AvgIpc) is 3.35. The van der Waals surface area contributed by atoms with E-state index >= 15 is 4.39 Å². The number of ether oxygens (including phenoxy) is 1. The van der Waals surface area contributed by atoms with Crippen LogP contribution in [0.1, 0.15) is 28.5 Å². The van der Waals surface area contributed by atoms with E-state index in [0.29, 0.717) is 40.3 Å². The third-order valence-corrected chi connectivity index (χ3v) is 5.92. The van der Waals surface area contributed by atoms with Gasteiger partial charge in [0.1, 0.15) is 28.6 Å². The van der Waals surface area contributed by atoms with Crippen molar-refractivity contribution in [3.8, 4) is 23.0 Å². The zero-order chi connectivity index (χ0) is 25.4.